The van der Waals surface area contributed by atoms with Gasteiger partial charge in [0.25, 0.3) is 5.91 Å². The van der Waals surface area contributed by atoms with E-state index in [-0.39, 0.29) is 11.7 Å². The van der Waals surface area contributed by atoms with Gasteiger partial charge in [-0.1, -0.05) is 35.9 Å². The Morgan fingerprint density at radius 2 is 1.70 bits per heavy atom. The van der Waals surface area contributed by atoms with Crippen molar-refractivity contribution in [2.45, 2.75) is 6.61 Å². The van der Waals surface area contributed by atoms with Crippen LogP contribution in [0.1, 0.15) is 11.1 Å². The normalized spacial score (nSPS) is 16.1. The van der Waals surface area contributed by atoms with Crippen molar-refractivity contribution in [3.63, 3.8) is 0 Å². The highest BCUT2D eigenvalue weighted by atomic mass is 35.5. The second kappa shape index (κ2) is 9.15. The standard InChI is InChI=1S/C23H16ClFN2O2S/c24-17-5-1-16(2-6-17)14-29-20-11-3-15(4-12-20)13-21-22(28)27-23(30-21)26-19-9-7-18(25)8-10-19/h1-13H,14H2,(H,26,27,28)/b21-13-. The average Bonchev–Trinajstić information content (AvgIpc) is 3.09. The fraction of sp³-hybridized carbons (Fsp3) is 0.0435. The Bertz CT molecular complexity index is 1110. The number of ether oxygens (including phenoxy) is 1. The topological polar surface area (TPSA) is 50.7 Å². The molecule has 1 fully saturated rings. The Hall–Kier alpha value is -3.09. The summed E-state index contributed by atoms with van der Waals surface area (Å²) < 4.78 is 18.8. The molecule has 0 unspecified atom stereocenters. The van der Waals surface area contributed by atoms with Gasteiger partial charge in [-0.3, -0.25) is 4.79 Å². The highest BCUT2D eigenvalue weighted by molar-refractivity contribution is 8.18. The molecule has 1 aliphatic heterocycles. The van der Waals surface area contributed by atoms with Crippen LogP contribution in [0, 0.1) is 5.82 Å². The van der Waals surface area contributed by atoms with Crippen LogP contribution < -0.4 is 10.1 Å². The molecule has 7 heteroatoms. The fourth-order valence-electron chi connectivity index (χ4n) is 2.67. The molecule has 150 valence electrons. The summed E-state index contributed by atoms with van der Waals surface area (Å²) in [5.41, 5.74) is 2.47. The second-order valence-corrected chi connectivity index (χ2v) is 7.91. The molecule has 4 nitrogen and oxygen atoms in total. The van der Waals surface area contributed by atoms with Crippen molar-refractivity contribution in [3.05, 3.63) is 99.7 Å². The highest BCUT2D eigenvalue weighted by Crippen LogP contribution is 2.28. The summed E-state index contributed by atoms with van der Waals surface area (Å²) in [6.07, 6.45) is 1.79. The smallest absolute Gasteiger partial charge is 0.264 e. The van der Waals surface area contributed by atoms with Crippen LogP contribution in [0.2, 0.25) is 5.02 Å². The summed E-state index contributed by atoms with van der Waals surface area (Å²) in [7, 11) is 0. The molecule has 0 aliphatic carbocycles. The van der Waals surface area contributed by atoms with Crippen molar-refractivity contribution in [1.82, 2.24) is 5.32 Å². The van der Waals surface area contributed by atoms with E-state index in [9.17, 15) is 9.18 Å². The molecule has 0 atom stereocenters. The number of amidine groups is 1. The second-order valence-electron chi connectivity index (χ2n) is 6.44. The number of nitrogens with one attached hydrogen (secondary N) is 1. The largest absolute Gasteiger partial charge is 0.489 e. The van der Waals surface area contributed by atoms with E-state index in [1.807, 2.05) is 48.5 Å². The highest BCUT2D eigenvalue weighted by Gasteiger charge is 2.23. The summed E-state index contributed by atoms with van der Waals surface area (Å²) in [5, 5.41) is 3.87. The molecular weight excluding hydrogens is 423 g/mol. The maximum absolute atomic E-state index is 13.0. The number of nitrogens with zero attached hydrogens (tertiary/aromatic N) is 1. The number of hydrogen-bond donors (Lipinski definition) is 1. The molecule has 0 radical (unpaired) electrons. The lowest BCUT2D eigenvalue weighted by molar-refractivity contribution is -0.115. The van der Waals surface area contributed by atoms with Crippen LogP contribution in [0.15, 0.2) is 82.7 Å². The summed E-state index contributed by atoms with van der Waals surface area (Å²) in [4.78, 5) is 17.1. The lowest BCUT2D eigenvalue weighted by Gasteiger charge is -2.06. The zero-order valence-corrected chi connectivity index (χ0v) is 17.2. The minimum Gasteiger partial charge on any atom is -0.489 e. The van der Waals surface area contributed by atoms with E-state index in [2.05, 4.69) is 10.3 Å². The van der Waals surface area contributed by atoms with Crippen LogP contribution in [0.5, 0.6) is 5.75 Å². The van der Waals surface area contributed by atoms with Gasteiger partial charge in [0.15, 0.2) is 5.17 Å². The van der Waals surface area contributed by atoms with Gasteiger partial charge in [0.05, 0.1) is 10.6 Å². The number of thioether (sulfide) groups is 1. The summed E-state index contributed by atoms with van der Waals surface area (Å²) >= 11 is 7.12. The van der Waals surface area contributed by atoms with Gasteiger partial charge in [-0.15, -0.1) is 0 Å². The van der Waals surface area contributed by atoms with Gasteiger partial charge < -0.3 is 10.1 Å². The van der Waals surface area contributed by atoms with Crippen molar-refractivity contribution < 1.29 is 13.9 Å². The van der Waals surface area contributed by atoms with Gasteiger partial charge in [-0.2, -0.15) is 0 Å². The molecular formula is C23H16ClFN2O2S. The third kappa shape index (κ3) is 5.28. The van der Waals surface area contributed by atoms with Crippen molar-refractivity contribution >= 4 is 46.2 Å². The minimum absolute atomic E-state index is 0.219. The molecule has 0 bridgehead atoms. The number of halogens is 2. The third-order valence-corrected chi connectivity index (χ3v) is 5.37. The first-order chi connectivity index (χ1) is 14.5. The molecule has 0 spiro atoms. The first-order valence-corrected chi connectivity index (χ1v) is 10.3. The lowest BCUT2D eigenvalue weighted by Crippen LogP contribution is -2.19. The molecule has 1 heterocycles. The number of amides is 1. The zero-order valence-electron chi connectivity index (χ0n) is 15.6. The van der Waals surface area contributed by atoms with Gasteiger partial charge in [0.1, 0.15) is 18.2 Å². The molecule has 0 saturated carbocycles. The van der Waals surface area contributed by atoms with Crippen molar-refractivity contribution in [3.8, 4) is 5.75 Å². The predicted octanol–water partition coefficient (Wildman–Crippen LogP) is 5.95. The summed E-state index contributed by atoms with van der Waals surface area (Å²) in [6, 6.07) is 20.7. The molecule has 4 rings (SSSR count). The van der Waals surface area contributed by atoms with E-state index in [0.29, 0.717) is 27.4 Å². The van der Waals surface area contributed by atoms with E-state index in [4.69, 9.17) is 16.3 Å². The summed E-state index contributed by atoms with van der Waals surface area (Å²) in [6.45, 7) is 0.444. The molecule has 3 aromatic rings. The van der Waals surface area contributed by atoms with Gasteiger partial charge in [0, 0.05) is 5.02 Å². The number of benzene rings is 3. The molecule has 1 amide bonds. The Balaban J connectivity index is 1.39. The fourth-order valence-corrected chi connectivity index (χ4v) is 3.64. The first kappa shape index (κ1) is 20.2. The number of carbonyl (C=O) groups excluding carboxylic acids is 1. The van der Waals surface area contributed by atoms with E-state index >= 15 is 0 Å². The molecule has 30 heavy (non-hydrogen) atoms. The van der Waals surface area contributed by atoms with Crippen molar-refractivity contribution in [2.24, 2.45) is 4.99 Å². The third-order valence-electron chi connectivity index (χ3n) is 4.20. The molecule has 1 N–H and O–H groups in total. The molecule has 0 aromatic heterocycles. The van der Waals surface area contributed by atoms with Crippen molar-refractivity contribution in [1.29, 1.82) is 0 Å². The maximum atomic E-state index is 13.0. The van der Waals surface area contributed by atoms with E-state index in [1.165, 1.54) is 23.9 Å². The van der Waals surface area contributed by atoms with Crippen LogP contribution in [0.4, 0.5) is 10.1 Å². The first-order valence-electron chi connectivity index (χ1n) is 9.08. The SMILES string of the molecule is O=C1NC(=Nc2ccc(F)cc2)S/C1=C\c1ccc(OCc2ccc(Cl)cc2)cc1. The molecule has 3 aromatic carbocycles. The van der Waals surface area contributed by atoms with Gasteiger partial charge in [0.2, 0.25) is 0 Å². The zero-order chi connectivity index (χ0) is 20.9. The number of aliphatic imine (C=N–C) groups is 1. The van der Waals surface area contributed by atoms with E-state index in [0.717, 1.165) is 16.9 Å². The predicted molar refractivity (Wildman–Crippen MR) is 119 cm³/mol. The van der Waals surface area contributed by atoms with Gasteiger partial charge >= 0.3 is 0 Å². The quantitative estimate of drug-likeness (QED) is 0.501. The van der Waals surface area contributed by atoms with Crippen LogP contribution >= 0.6 is 23.4 Å². The average molecular weight is 439 g/mol. The lowest BCUT2D eigenvalue weighted by atomic mass is 10.2. The Kier molecular flexibility index (Phi) is 6.16. The summed E-state index contributed by atoms with van der Waals surface area (Å²) in [5.74, 6) is 0.182. The van der Waals surface area contributed by atoms with Gasteiger partial charge in [-0.25, -0.2) is 9.38 Å². The monoisotopic (exact) mass is 438 g/mol. The minimum atomic E-state index is -0.330. The van der Waals surface area contributed by atoms with Crippen LogP contribution in [-0.4, -0.2) is 11.1 Å². The molecule has 1 saturated heterocycles. The Morgan fingerprint density at radius 3 is 2.40 bits per heavy atom. The van der Waals surface area contributed by atoms with Crippen LogP contribution in [0.3, 0.4) is 0 Å². The van der Waals surface area contributed by atoms with Gasteiger partial charge in [-0.05, 0) is 77.5 Å². The number of carbonyl (C=O) groups is 1. The van der Waals surface area contributed by atoms with Crippen molar-refractivity contribution in [2.75, 3.05) is 0 Å². The Labute approximate surface area is 182 Å². The molecule has 1 aliphatic rings. The maximum Gasteiger partial charge on any atom is 0.264 e. The van der Waals surface area contributed by atoms with E-state index < -0.39 is 0 Å². The van der Waals surface area contributed by atoms with Crippen LogP contribution in [-0.2, 0) is 11.4 Å². The number of rotatable bonds is 5. The van der Waals surface area contributed by atoms with Crippen LogP contribution in [0.25, 0.3) is 6.08 Å². The number of hydrogen-bond acceptors (Lipinski definition) is 4. The van der Waals surface area contributed by atoms with E-state index in [1.54, 1.807) is 18.2 Å². The Morgan fingerprint density at radius 1 is 1.00 bits per heavy atom.